The van der Waals surface area contributed by atoms with Crippen molar-refractivity contribution in [1.82, 2.24) is 0 Å². The average Bonchev–Trinajstić information content (AvgIpc) is 2.06. The highest BCUT2D eigenvalue weighted by molar-refractivity contribution is 5.86. The van der Waals surface area contributed by atoms with Gasteiger partial charge >= 0.3 is 0 Å². The van der Waals surface area contributed by atoms with Crippen LogP contribution in [-0.4, -0.2) is 5.78 Å². The largest absolute Gasteiger partial charge is 0.299 e. The van der Waals surface area contributed by atoms with Crippen LogP contribution >= 0.6 is 0 Å². The van der Waals surface area contributed by atoms with E-state index >= 15 is 0 Å². The van der Waals surface area contributed by atoms with Crippen molar-refractivity contribution in [1.29, 1.82) is 0 Å². The van der Waals surface area contributed by atoms with Crippen LogP contribution in [-0.2, 0) is 4.79 Å². The molecule has 0 aromatic heterocycles. The topological polar surface area (TPSA) is 17.1 Å². The highest BCUT2D eigenvalue weighted by Crippen LogP contribution is 2.27. The predicted octanol–water partition coefficient (Wildman–Crippen LogP) is 3.43. The van der Waals surface area contributed by atoms with E-state index in [4.69, 9.17) is 0 Å². The van der Waals surface area contributed by atoms with Crippen LogP contribution in [0.25, 0.3) is 0 Å². The van der Waals surface area contributed by atoms with Gasteiger partial charge in [-0.25, -0.2) is 0 Å². The van der Waals surface area contributed by atoms with Crippen molar-refractivity contribution in [2.45, 2.75) is 53.9 Å². The minimum atomic E-state index is -0.114. The summed E-state index contributed by atoms with van der Waals surface area (Å²) >= 11 is 0. The summed E-state index contributed by atoms with van der Waals surface area (Å²) in [6.45, 7) is 10.4. The van der Waals surface area contributed by atoms with Crippen LogP contribution in [0.2, 0.25) is 0 Å². The van der Waals surface area contributed by atoms with E-state index < -0.39 is 0 Å². The van der Waals surface area contributed by atoms with E-state index in [9.17, 15) is 4.79 Å². The minimum absolute atomic E-state index is 0.114. The maximum atomic E-state index is 11.9. The van der Waals surface area contributed by atoms with Gasteiger partial charge < -0.3 is 0 Å². The van der Waals surface area contributed by atoms with Crippen molar-refractivity contribution < 1.29 is 4.79 Å². The molecule has 12 heavy (non-hydrogen) atoms. The summed E-state index contributed by atoms with van der Waals surface area (Å²) in [4.78, 5) is 11.9. The predicted molar refractivity (Wildman–Crippen MR) is 53.2 cm³/mol. The van der Waals surface area contributed by atoms with Crippen molar-refractivity contribution in [2.75, 3.05) is 0 Å². The molecule has 0 aliphatic rings. The van der Waals surface area contributed by atoms with Gasteiger partial charge in [-0.2, -0.15) is 0 Å². The molecular formula is C11H22O. The molecule has 0 aromatic rings. The second-order valence-corrected chi connectivity index (χ2v) is 4.12. The van der Waals surface area contributed by atoms with Gasteiger partial charge in [0.25, 0.3) is 0 Å². The molecule has 1 nitrogen and oxygen atoms in total. The molecule has 0 spiro atoms. The lowest BCUT2D eigenvalue weighted by Gasteiger charge is -2.25. The minimum Gasteiger partial charge on any atom is -0.299 e. The van der Waals surface area contributed by atoms with Gasteiger partial charge in [0.05, 0.1) is 0 Å². The lowest BCUT2D eigenvalue weighted by Crippen LogP contribution is -2.29. The van der Waals surface area contributed by atoms with Crippen molar-refractivity contribution >= 4 is 5.78 Å². The molecule has 0 saturated heterocycles. The summed E-state index contributed by atoms with van der Waals surface area (Å²) in [6.07, 6.45) is 2.92. The molecule has 0 aromatic carbocycles. The fourth-order valence-corrected chi connectivity index (χ4v) is 1.39. The molecular weight excluding hydrogens is 148 g/mol. The van der Waals surface area contributed by atoms with Gasteiger partial charge in [0.15, 0.2) is 0 Å². The number of hydrogen-bond donors (Lipinski definition) is 0. The summed E-state index contributed by atoms with van der Waals surface area (Å²) < 4.78 is 0. The van der Waals surface area contributed by atoms with Crippen molar-refractivity contribution in [3.8, 4) is 0 Å². The maximum Gasteiger partial charge on any atom is 0.141 e. The molecule has 0 rings (SSSR count). The van der Waals surface area contributed by atoms with Crippen LogP contribution in [0.15, 0.2) is 0 Å². The van der Waals surface area contributed by atoms with E-state index in [1.165, 1.54) is 0 Å². The van der Waals surface area contributed by atoms with Gasteiger partial charge in [0.1, 0.15) is 5.78 Å². The highest BCUT2D eigenvalue weighted by atomic mass is 16.1. The Hall–Kier alpha value is -0.330. The van der Waals surface area contributed by atoms with E-state index in [0.29, 0.717) is 5.78 Å². The van der Waals surface area contributed by atoms with Gasteiger partial charge in [-0.15, -0.1) is 0 Å². The Morgan fingerprint density at radius 2 is 1.58 bits per heavy atom. The molecule has 0 radical (unpaired) electrons. The van der Waals surface area contributed by atoms with Gasteiger partial charge in [-0.1, -0.05) is 34.6 Å². The van der Waals surface area contributed by atoms with Gasteiger partial charge in [-0.05, 0) is 19.3 Å². The standard InChI is InChI=1S/C11H22O/c1-6-9(7-2)10(12)11(4,5)8-3/h9H,6-8H2,1-5H3. The first kappa shape index (κ1) is 11.7. The summed E-state index contributed by atoms with van der Waals surface area (Å²) in [7, 11) is 0. The van der Waals surface area contributed by atoms with Crippen LogP contribution in [0.5, 0.6) is 0 Å². The Morgan fingerprint density at radius 3 is 1.83 bits per heavy atom. The zero-order valence-corrected chi connectivity index (χ0v) is 9.11. The molecule has 0 heterocycles. The molecule has 0 aliphatic heterocycles. The van der Waals surface area contributed by atoms with Crippen molar-refractivity contribution in [3.05, 3.63) is 0 Å². The Bertz CT molecular complexity index is 143. The third kappa shape index (κ3) is 2.62. The summed E-state index contributed by atoms with van der Waals surface area (Å²) in [5.41, 5.74) is -0.114. The highest BCUT2D eigenvalue weighted by Gasteiger charge is 2.29. The number of Topliss-reactive ketones (excluding diaryl/α,β-unsaturated/α-hetero) is 1. The summed E-state index contributed by atoms with van der Waals surface area (Å²) in [6, 6.07) is 0. The molecule has 0 saturated carbocycles. The third-order valence-corrected chi connectivity index (χ3v) is 2.91. The zero-order valence-electron chi connectivity index (χ0n) is 9.11. The van der Waals surface area contributed by atoms with Gasteiger partial charge in [0, 0.05) is 11.3 Å². The number of ketones is 1. The number of carbonyl (C=O) groups is 1. The second-order valence-electron chi connectivity index (χ2n) is 4.12. The molecule has 0 fully saturated rings. The fourth-order valence-electron chi connectivity index (χ4n) is 1.39. The Balaban J connectivity index is 4.35. The SMILES string of the molecule is CCC(CC)C(=O)C(C)(C)CC. The average molecular weight is 170 g/mol. The second kappa shape index (κ2) is 4.64. The quantitative estimate of drug-likeness (QED) is 0.618. The van der Waals surface area contributed by atoms with Crippen LogP contribution in [0.3, 0.4) is 0 Å². The van der Waals surface area contributed by atoms with Crippen molar-refractivity contribution in [2.24, 2.45) is 11.3 Å². The first-order chi connectivity index (χ1) is 5.49. The van der Waals surface area contributed by atoms with E-state index in [1.54, 1.807) is 0 Å². The smallest absolute Gasteiger partial charge is 0.141 e. The van der Waals surface area contributed by atoms with Crippen LogP contribution in [0.4, 0.5) is 0 Å². The zero-order chi connectivity index (χ0) is 9.78. The van der Waals surface area contributed by atoms with Crippen molar-refractivity contribution in [3.63, 3.8) is 0 Å². The monoisotopic (exact) mass is 170 g/mol. The lowest BCUT2D eigenvalue weighted by atomic mass is 9.77. The number of carbonyl (C=O) groups excluding carboxylic acids is 1. The lowest BCUT2D eigenvalue weighted by molar-refractivity contribution is -0.131. The Morgan fingerprint density at radius 1 is 1.17 bits per heavy atom. The summed E-state index contributed by atoms with van der Waals surface area (Å²) in [5.74, 6) is 0.718. The maximum absolute atomic E-state index is 11.9. The van der Waals surface area contributed by atoms with E-state index in [2.05, 4.69) is 20.8 Å². The van der Waals surface area contributed by atoms with Crippen LogP contribution in [0.1, 0.15) is 53.9 Å². The van der Waals surface area contributed by atoms with E-state index in [0.717, 1.165) is 19.3 Å². The van der Waals surface area contributed by atoms with Gasteiger partial charge in [-0.3, -0.25) is 4.79 Å². The molecule has 72 valence electrons. The number of rotatable bonds is 5. The Kier molecular flexibility index (Phi) is 4.51. The molecule has 0 atom stereocenters. The molecule has 0 unspecified atom stereocenters. The normalized spacial score (nSPS) is 12.2. The van der Waals surface area contributed by atoms with E-state index in [1.807, 2.05) is 13.8 Å². The number of hydrogen-bond acceptors (Lipinski definition) is 1. The van der Waals surface area contributed by atoms with Crippen LogP contribution < -0.4 is 0 Å². The first-order valence-corrected chi connectivity index (χ1v) is 5.03. The fraction of sp³-hybridized carbons (Fsp3) is 0.909. The molecule has 0 aliphatic carbocycles. The third-order valence-electron chi connectivity index (χ3n) is 2.91. The van der Waals surface area contributed by atoms with Gasteiger partial charge in [0.2, 0.25) is 0 Å². The Labute approximate surface area is 76.6 Å². The molecule has 0 amide bonds. The van der Waals surface area contributed by atoms with Crippen LogP contribution in [0, 0.1) is 11.3 Å². The van der Waals surface area contributed by atoms with E-state index in [-0.39, 0.29) is 11.3 Å². The molecule has 0 N–H and O–H groups in total. The summed E-state index contributed by atoms with van der Waals surface area (Å²) in [5, 5.41) is 0. The molecule has 1 heteroatoms. The first-order valence-electron chi connectivity index (χ1n) is 5.03. The molecule has 0 bridgehead atoms.